The van der Waals surface area contributed by atoms with Crippen molar-refractivity contribution in [2.24, 2.45) is 11.7 Å². The minimum atomic E-state index is -0.404. The molecule has 0 fully saturated rings. The average Bonchev–Trinajstić information content (AvgIpc) is 2.68. The molecule has 0 aliphatic heterocycles. The van der Waals surface area contributed by atoms with E-state index in [1.165, 1.54) is 0 Å². The number of hydrogen-bond acceptors (Lipinski definition) is 1. The number of aromatic nitrogens is 1. The third kappa shape index (κ3) is 3.05. The maximum absolute atomic E-state index is 12.0. The van der Waals surface area contributed by atoms with E-state index in [0.29, 0.717) is 16.5 Å². The molecule has 0 spiro atoms. The van der Waals surface area contributed by atoms with Gasteiger partial charge in [0.1, 0.15) is 0 Å². The number of carbonyl (C=O) groups excluding carboxylic acids is 1. The highest BCUT2D eigenvalue weighted by atomic mass is 35.5. The van der Waals surface area contributed by atoms with Crippen molar-refractivity contribution in [1.29, 1.82) is 0 Å². The Bertz CT molecular complexity index is 701. The molecule has 0 atom stereocenters. The number of nitrogens with two attached hydrogens (primary N) is 1. The molecule has 0 radical (unpaired) electrons. The van der Waals surface area contributed by atoms with Gasteiger partial charge in [-0.05, 0) is 32.3 Å². The molecule has 0 aliphatic rings. The van der Waals surface area contributed by atoms with E-state index in [0.717, 1.165) is 35.5 Å². The lowest BCUT2D eigenvalue weighted by molar-refractivity contribution is 0.1000. The predicted molar refractivity (Wildman–Crippen MR) is 92.3 cm³/mol. The summed E-state index contributed by atoms with van der Waals surface area (Å²) < 4.78 is 2.18. The summed E-state index contributed by atoms with van der Waals surface area (Å²) in [5.41, 5.74) is 9.91. The zero-order valence-electron chi connectivity index (χ0n) is 13.6. The third-order valence-corrected chi connectivity index (χ3v) is 4.43. The van der Waals surface area contributed by atoms with Crippen LogP contribution in [0, 0.1) is 19.8 Å². The molecule has 1 aromatic heterocycles. The van der Waals surface area contributed by atoms with Crippen LogP contribution in [0.5, 0.6) is 0 Å². The number of hydrogen-bond donors (Lipinski definition) is 1. The van der Waals surface area contributed by atoms with Gasteiger partial charge < -0.3 is 10.3 Å². The van der Waals surface area contributed by atoms with E-state index in [-0.39, 0.29) is 0 Å². The maximum atomic E-state index is 12.0. The van der Waals surface area contributed by atoms with Crippen LogP contribution in [0.3, 0.4) is 0 Å². The normalized spacial score (nSPS) is 11.2. The van der Waals surface area contributed by atoms with Crippen molar-refractivity contribution >= 4 is 17.5 Å². The third-order valence-electron chi connectivity index (χ3n) is 4.10. The van der Waals surface area contributed by atoms with Crippen molar-refractivity contribution in [3.8, 4) is 11.1 Å². The topological polar surface area (TPSA) is 48.0 Å². The molecule has 2 rings (SSSR count). The van der Waals surface area contributed by atoms with E-state index in [9.17, 15) is 4.79 Å². The van der Waals surface area contributed by atoms with Gasteiger partial charge in [0.05, 0.1) is 5.56 Å². The molecule has 1 aromatic carbocycles. The lowest BCUT2D eigenvalue weighted by Crippen LogP contribution is -2.13. The monoisotopic (exact) mass is 318 g/mol. The maximum Gasteiger partial charge on any atom is 0.251 e. The van der Waals surface area contributed by atoms with Gasteiger partial charge in [-0.2, -0.15) is 0 Å². The second-order valence-electron chi connectivity index (χ2n) is 6.10. The van der Waals surface area contributed by atoms with Gasteiger partial charge in [-0.1, -0.05) is 43.6 Å². The van der Waals surface area contributed by atoms with Gasteiger partial charge in [-0.25, -0.2) is 0 Å². The average molecular weight is 319 g/mol. The Labute approximate surface area is 137 Å². The molecule has 0 aliphatic carbocycles. The summed E-state index contributed by atoms with van der Waals surface area (Å²) in [6.45, 7) is 9.24. The summed E-state index contributed by atoms with van der Waals surface area (Å²) in [4.78, 5) is 12.0. The number of halogens is 1. The van der Waals surface area contributed by atoms with Crippen LogP contribution in [0.2, 0.25) is 5.02 Å². The summed E-state index contributed by atoms with van der Waals surface area (Å²) in [6.07, 6.45) is 1.05. The molecule has 1 amide bonds. The number of nitrogens with zero attached hydrogens (tertiary/aromatic N) is 1. The standard InChI is InChI=1S/C18H23ClN2O/c1-11(2)9-10-21-12(3)16(17(13(21)4)18(20)22)14-7-5-6-8-15(14)19/h5-8,11H,9-10H2,1-4H3,(H2,20,22). The molecule has 1 heterocycles. The fourth-order valence-corrected chi connectivity index (χ4v) is 3.13. The molecule has 3 nitrogen and oxygen atoms in total. The van der Waals surface area contributed by atoms with E-state index in [1.54, 1.807) is 0 Å². The van der Waals surface area contributed by atoms with Crippen LogP contribution < -0.4 is 5.73 Å². The van der Waals surface area contributed by atoms with Crippen molar-refractivity contribution < 1.29 is 4.79 Å². The quantitative estimate of drug-likeness (QED) is 0.862. The Morgan fingerprint density at radius 1 is 1.23 bits per heavy atom. The van der Waals surface area contributed by atoms with Crippen LogP contribution in [-0.2, 0) is 6.54 Å². The van der Waals surface area contributed by atoms with Crippen LogP contribution in [-0.4, -0.2) is 10.5 Å². The SMILES string of the molecule is Cc1c(C(N)=O)c(-c2ccccc2Cl)c(C)n1CCC(C)C. The highest BCUT2D eigenvalue weighted by molar-refractivity contribution is 6.33. The summed E-state index contributed by atoms with van der Waals surface area (Å²) in [5, 5.41) is 0.633. The molecule has 0 unspecified atom stereocenters. The van der Waals surface area contributed by atoms with E-state index >= 15 is 0 Å². The van der Waals surface area contributed by atoms with E-state index in [4.69, 9.17) is 17.3 Å². The fraction of sp³-hybridized carbons (Fsp3) is 0.389. The lowest BCUT2D eigenvalue weighted by Gasteiger charge is -2.11. The van der Waals surface area contributed by atoms with Crippen molar-refractivity contribution in [2.75, 3.05) is 0 Å². The van der Waals surface area contributed by atoms with Gasteiger partial charge in [-0.3, -0.25) is 4.79 Å². The zero-order chi connectivity index (χ0) is 16.4. The van der Waals surface area contributed by atoms with Crippen LogP contribution in [0.25, 0.3) is 11.1 Å². The van der Waals surface area contributed by atoms with Crippen molar-refractivity contribution in [3.05, 3.63) is 46.2 Å². The Kier molecular flexibility index (Phi) is 4.97. The van der Waals surface area contributed by atoms with Gasteiger partial charge in [0.25, 0.3) is 5.91 Å². The van der Waals surface area contributed by atoms with Crippen molar-refractivity contribution in [3.63, 3.8) is 0 Å². The molecule has 0 saturated heterocycles. The van der Waals surface area contributed by atoms with Gasteiger partial charge in [0.15, 0.2) is 0 Å². The summed E-state index contributed by atoms with van der Waals surface area (Å²) in [6, 6.07) is 7.57. The first-order valence-corrected chi connectivity index (χ1v) is 7.96. The van der Waals surface area contributed by atoms with E-state index < -0.39 is 5.91 Å². The van der Waals surface area contributed by atoms with Gasteiger partial charge in [0, 0.05) is 34.1 Å². The number of carbonyl (C=O) groups is 1. The number of primary amides is 1. The minimum absolute atomic E-state index is 0.404. The van der Waals surface area contributed by atoms with Gasteiger partial charge in [0.2, 0.25) is 0 Å². The molecule has 0 bridgehead atoms. The van der Waals surface area contributed by atoms with Crippen molar-refractivity contribution in [1.82, 2.24) is 4.57 Å². The van der Waals surface area contributed by atoms with Gasteiger partial charge >= 0.3 is 0 Å². The molecule has 2 N–H and O–H groups in total. The lowest BCUT2D eigenvalue weighted by atomic mass is 10.00. The van der Waals surface area contributed by atoms with E-state index in [1.807, 2.05) is 38.1 Å². The second kappa shape index (κ2) is 6.57. The number of rotatable bonds is 5. The summed E-state index contributed by atoms with van der Waals surface area (Å²) in [5.74, 6) is 0.195. The number of benzene rings is 1. The summed E-state index contributed by atoms with van der Waals surface area (Å²) in [7, 11) is 0. The fourth-order valence-electron chi connectivity index (χ4n) is 2.90. The predicted octanol–water partition coefficient (Wildman–Crippen LogP) is 4.57. The highest BCUT2D eigenvalue weighted by Crippen LogP contribution is 2.36. The first-order chi connectivity index (χ1) is 10.3. The zero-order valence-corrected chi connectivity index (χ0v) is 14.4. The Balaban J connectivity index is 2.65. The van der Waals surface area contributed by atoms with E-state index in [2.05, 4.69) is 18.4 Å². The largest absolute Gasteiger partial charge is 0.366 e. The summed E-state index contributed by atoms with van der Waals surface area (Å²) >= 11 is 6.34. The van der Waals surface area contributed by atoms with Crippen LogP contribution >= 0.6 is 11.6 Å². The molecular formula is C18H23ClN2O. The molecule has 118 valence electrons. The smallest absolute Gasteiger partial charge is 0.251 e. The Morgan fingerprint density at radius 2 is 1.86 bits per heavy atom. The minimum Gasteiger partial charge on any atom is -0.366 e. The second-order valence-corrected chi connectivity index (χ2v) is 6.51. The highest BCUT2D eigenvalue weighted by Gasteiger charge is 2.23. The molecule has 4 heteroatoms. The Morgan fingerprint density at radius 3 is 2.41 bits per heavy atom. The first-order valence-electron chi connectivity index (χ1n) is 7.59. The number of amides is 1. The molecule has 22 heavy (non-hydrogen) atoms. The molecule has 0 saturated carbocycles. The Hall–Kier alpha value is -1.74. The van der Waals surface area contributed by atoms with Crippen LogP contribution in [0.1, 0.15) is 42.0 Å². The van der Waals surface area contributed by atoms with Crippen LogP contribution in [0.15, 0.2) is 24.3 Å². The van der Waals surface area contributed by atoms with Gasteiger partial charge in [-0.15, -0.1) is 0 Å². The first kappa shape index (κ1) is 16.6. The molecule has 2 aromatic rings. The molecular weight excluding hydrogens is 296 g/mol. The van der Waals surface area contributed by atoms with Crippen molar-refractivity contribution in [2.45, 2.75) is 40.7 Å². The van der Waals surface area contributed by atoms with Crippen LogP contribution in [0.4, 0.5) is 0 Å².